The maximum Gasteiger partial charge on any atom is 0.126 e. The molecule has 144 valence electrons. The van der Waals surface area contributed by atoms with Crippen LogP contribution in [0.25, 0.3) is 6.08 Å². The number of methoxy groups -OCH3 is 1. The first-order chi connectivity index (χ1) is 13.2. The summed E-state index contributed by atoms with van der Waals surface area (Å²) in [7, 11) is 1.71. The average molecular weight is 366 g/mol. The number of hydrogen-bond donors (Lipinski definition) is 1. The highest BCUT2D eigenvalue weighted by atomic mass is 16.5. The molecule has 1 heterocycles. The van der Waals surface area contributed by atoms with E-state index in [4.69, 9.17) is 4.74 Å². The molecule has 3 rings (SSSR count). The Labute approximate surface area is 163 Å². The number of nitrogens with zero attached hydrogens (tertiary/aromatic N) is 1. The third kappa shape index (κ3) is 5.44. The van der Waals surface area contributed by atoms with Crippen molar-refractivity contribution in [3.63, 3.8) is 0 Å². The van der Waals surface area contributed by atoms with Gasteiger partial charge in [0, 0.05) is 30.7 Å². The number of aliphatic hydroxyl groups excluding tert-OH is 1. The van der Waals surface area contributed by atoms with Gasteiger partial charge in [-0.1, -0.05) is 60.7 Å². The Morgan fingerprint density at radius 3 is 2.67 bits per heavy atom. The number of para-hydroxylation sites is 1. The second-order valence-corrected chi connectivity index (χ2v) is 7.63. The van der Waals surface area contributed by atoms with Crippen LogP contribution in [0.3, 0.4) is 0 Å². The van der Waals surface area contributed by atoms with E-state index in [1.54, 1.807) is 7.11 Å². The Morgan fingerprint density at radius 1 is 1.11 bits per heavy atom. The third-order valence-corrected chi connectivity index (χ3v) is 5.66. The monoisotopic (exact) mass is 365 g/mol. The molecule has 2 aromatic carbocycles. The molecule has 0 bridgehead atoms. The molecule has 1 aliphatic rings. The lowest BCUT2D eigenvalue weighted by Gasteiger charge is -2.41. The number of ether oxygens (including phenoxy) is 1. The first kappa shape index (κ1) is 19.7. The van der Waals surface area contributed by atoms with E-state index in [0.29, 0.717) is 0 Å². The van der Waals surface area contributed by atoms with Crippen LogP contribution in [0.5, 0.6) is 5.75 Å². The van der Waals surface area contributed by atoms with Crippen molar-refractivity contribution in [2.24, 2.45) is 5.41 Å². The quantitative estimate of drug-likeness (QED) is 0.752. The van der Waals surface area contributed by atoms with Gasteiger partial charge < -0.3 is 9.84 Å². The highest BCUT2D eigenvalue weighted by Crippen LogP contribution is 2.34. The van der Waals surface area contributed by atoms with Crippen LogP contribution in [0.1, 0.15) is 30.4 Å². The number of aliphatic hydroxyl groups is 1. The summed E-state index contributed by atoms with van der Waals surface area (Å²) in [6.07, 6.45) is 8.69. The Balaban J connectivity index is 1.58. The van der Waals surface area contributed by atoms with Crippen LogP contribution in [0, 0.1) is 5.41 Å². The fourth-order valence-corrected chi connectivity index (χ4v) is 4.07. The van der Waals surface area contributed by atoms with Gasteiger partial charge >= 0.3 is 0 Å². The van der Waals surface area contributed by atoms with Gasteiger partial charge in [0.05, 0.1) is 7.11 Å². The van der Waals surface area contributed by atoms with Crippen LogP contribution in [0.2, 0.25) is 0 Å². The standard InChI is InChI=1S/C24H31NO2/c1-27-23-13-6-5-11-22(23)12-7-17-25-18-8-15-24(19-25,20-26)16-14-21-9-3-2-4-10-21/h2-7,9-13,26H,8,14-20H2,1H3/b12-7+. The third-order valence-electron chi connectivity index (χ3n) is 5.66. The van der Waals surface area contributed by atoms with Gasteiger partial charge in [0.15, 0.2) is 0 Å². The van der Waals surface area contributed by atoms with Crippen LogP contribution < -0.4 is 4.74 Å². The van der Waals surface area contributed by atoms with Crippen LogP contribution in [0.15, 0.2) is 60.7 Å². The molecular weight excluding hydrogens is 334 g/mol. The fourth-order valence-electron chi connectivity index (χ4n) is 4.07. The summed E-state index contributed by atoms with van der Waals surface area (Å²) >= 11 is 0. The minimum Gasteiger partial charge on any atom is -0.496 e. The van der Waals surface area contributed by atoms with Crippen LogP contribution in [-0.2, 0) is 6.42 Å². The second kappa shape index (κ2) is 9.72. The minimum absolute atomic E-state index is 0.0202. The van der Waals surface area contributed by atoms with E-state index in [1.807, 2.05) is 18.2 Å². The summed E-state index contributed by atoms with van der Waals surface area (Å²) in [5.41, 5.74) is 2.49. The summed E-state index contributed by atoms with van der Waals surface area (Å²) in [4.78, 5) is 2.47. The number of rotatable bonds is 8. The molecule has 1 aliphatic heterocycles. The zero-order valence-corrected chi connectivity index (χ0v) is 16.3. The lowest BCUT2D eigenvalue weighted by molar-refractivity contribution is 0.0308. The highest BCUT2D eigenvalue weighted by molar-refractivity contribution is 5.57. The van der Waals surface area contributed by atoms with Crippen molar-refractivity contribution >= 4 is 6.08 Å². The van der Waals surface area contributed by atoms with Gasteiger partial charge in [-0.15, -0.1) is 0 Å². The molecule has 1 saturated heterocycles. The van der Waals surface area contributed by atoms with Gasteiger partial charge in [0.2, 0.25) is 0 Å². The van der Waals surface area contributed by atoms with Gasteiger partial charge in [-0.25, -0.2) is 0 Å². The topological polar surface area (TPSA) is 32.7 Å². The number of piperidine rings is 1. The molecule has 0 saturated carbocycles. The van der Waals surface area contributed by atoms with Gasteiger partial charge in [0.25, 0.3) is 0 Å². The lowest BCUT2D eigenvalue weighted by Crippen LogP contribution is -2.45. The van der Waals surface area contributed by atoms with Crippen molar-refractivity contribution in [3.05, 3.63) is 71.8 Å². The summed E-state index contributed by atoms with van der Waals surface area (Å²) in [5, 5.41) is 10.1. The van der Waals surface area contributed by atoms with Gasteiger partial charge in [-0.05, 0) is 43.9 Å². The predicted molar refractivity (Wildman–Crippen MR) is 112 cm³/mol. The Morgan fingerprint density at radius 2 is 1.89 bits per heavy atom. The van der Waals surface area contributed by atoms with Crippen molar-refractivity contribution < 1.29 is 9.84 Å². The molecule has 27 heavy (non-hydrogen) atoms. The van der Waals surface area contributed by atoms with E-state index in [0.717, 1.165) is 56.6 Å². The molecule has 1 fully saturated rings. The zero-order chi connectivity index (χ0) is 19.0. The molecule has 0 amide bonds. The number of likely N-dealkylation sites (tertiary alicyclic amines) is 1. The molecule has 2 aromatic rings. The molecule has 0 radical (unpaired) electrons. The van der Waals surface area contributed by atoms with E-state index in [-0.39, 0.29) is 12.0 Å². The van der Waals surface area contributed by atoms with Gasteiger partial charge in [-0.3, -0.25) is 4.90 Å². The largest absolute Gasteiger partial charge is 0.496 e. The number of aryl methyl sites for hydroxylation is 1. The van der Waals surface area contributed by atoms with Crippen molar-refractivity contribution in [2.45, 2.75) is 25.7 Å². The van der Waals surface area contributed by atoms with Crippen molar-refractivity contribution in [3.8, 4) is 5.75 Å². The molecule has 0 aromatic heterocycles. The van der Waals surface area contributed by atoms with Crippen molar-refractivity contribution in [2.75, 3.05) is 33.4 Å². The summed E-state index contributed by atoms with van der Waals surface area (Å²) in [6, 6.07) is 18.7. The smallest absolute Gasteiger partial charge is 0.126 e. The van der Waals surface area contributed by atoms with E-state index in [2.05, 4.69) is 53.5 Å². The fraction of sp³-hybridized carbons (Fsp3) is 0.417. The first-order valence-corrected chi connectivity index (χ1v) is 9.91. The van der Waals surface area contributed by atoms with Gasteiger partial charge in [0.1, 0.15) is 5.75 Å². The molecular formula is C24H31NO2. The van der Waals surface area contributed by atoms with E-state index in [9.17, 15) is 5.11 Å². The SMILES string of the molecule is COc1ccccc1/C=C/CN1CCCC(CO)(CCc2ccccc2)C1. The van der Waals surface area contributed by atoms with Gasteiger partial charge in [-0.2, -0.15) is 0 Å². The Kier molecular flexibility index (Phi) is 7.08. The first-order valence-electron chi connectivity index (χ1n) is 9.91. The predicted octanol–water partition coefficient (Wildman–Crippen LogP) is 4.42. The normalized spacial score (nSPS) is 20.8. The van der Waals surface area contributed by atoms with Crippen molar-refractivity contribution in [1.29, 1.82) is 0 Å². The average Bonchev–Trinajstić information content (AvgIpc) is 2.74. The lowest BCUT2D eigenvalue weighted by atomic mass is 9.76. The second-order valence-electron chi connectivity index (χ2n) is 7.63. The molecule has 0 spiro atoms. The van der Waals surface area contributed by atoms with Crippen molar-refractivity contribution in [1.82, 2.24) is 4.90 Å². The molecule has 0 aliphatic carbocycles. The van der Waals surface area contributed by atoms with Crippen LogP contribution >= 0.6 is 0 Å². The van der Waals surface area contributed by atoms with E-state index in [1.165, 1.54) is 5.56 Å². The minimum atomic E-state index is 0.0202. The summed E-state index contributed by atoms with van der Waals surface area (Å²) in [5.74, 6) is 0.903. The highest BCUT2D eigenvalue weighted by Gasteiger charge is 2.34. The Hall–Kier alpha value is -2.10. The van der Waals surface area contributed by atoms with E-state index >= 15 is 0 Å². The number of benzene rings is 2. The number of hydrogen-bond acceptors (Lipinski definition) is 3. The molecule has 3 nitrogen and oxygen atoms in total. The Bertz CT molecular complexity index is 728. The summed E-state index contributed by atoms with van der Waals surface area (Å²) < 4.78 is 5.41. The molecule has 1 N–H and O–H groups in total. The van der Waals surface area contributed by atoms with Crippen LogP contribution in [0.4, 0.5) is 0 Å². The van der Waals surface area contributed by atoms with E-state index < -0.39 is 0 Å². The van der Waals surface area contributed by atoms with Crippen LogP contribution in [-0.4, -0.2) is 43.4 Å². The summed E-state index contributed by atoms with van der Waals surface area (Å²) in [6.45, 7) is 3.24. The maximum atomic E-state index is 10.1. The molecule has 3 heteroatoms. The molecule has 1 unspecified atom stereocenters. The maximum absolute atomic E-state index is 10.1. The molecule has 1 atom stereocenters. The zero-order valence-electron chi connectivity index (χ0n) is 16.3.